The second-order valence-corrected chi connectivity index (χ2v) is 4.38. The summed E-state index contributed by atoms with van der Waals surface area (Å²) >= 11 is 0. The summed E-state index contributed by atoms with van der Waals surface area (Å²) in [5, 5.41) is 0. The van der Waals surface area contributed by atoms with Gasteiger partial charge in [-0.25, -0.2) is 4.39 Å². The van der Waals surface area contributed by atoms with Gasteiger partial charge in [0.2, 0.25) is 0 Å². The number of halogens is 1. The second kappa shape index (κ2) is 4.09. The van der Waals surface area contributed by atoms with Gasteiger partial charge in [-0.3, -0.25) is 0 Å². The SMILES string of the molecule is Cc1ccc(F)cc1C(C)(C)CCN. The molecular formula is C12H18FN. The van der Waals surface area contributed by atoms with Gasteiger partial charge in [0.05, 0.1) is 0 Å². The molecule has 2 N–H and O–H groups in total. The van der Waals surface area contributed by atoms with Crippen molar-refractivity contribution in [1.29, 1.82) is 0 Å². The van der Waals surface area contributed by atoms with Crippen LogP contribution in [0.1, 0.15) is 31.4 Å². The van der Waals surface area contributed by atoms with E-state index < -0.39 is 0 Å². The van der Waals surface area contributed by atoms with Gasteiger partial charge in [-0.05, 0) is 48.6 Å². The van der Waals surface area contributed by atoms with E-state index in [-0.39, 0.29) is 11.2 Å². The lowest BCUT2D eigenvalue weighted by atomic mass is 9.79. The first-order valence-electron chi connectivity index (χ1n) is 4.94. The maximum absolute atomic E-state index is 13.1. The third-order valence-corrected chi connectivity index (χ3v) is 2.70. The minimum atomic E-state index is -0.171. The zero-order valence-electron chi connectivity index (χ0n) is 9.10. The third-order valence-electron chi connectivity index (χ3n) is 2.70. The van der Waals surface area contributed by atoms with Crippen LogP contribution in [-0.4, -0.2) is 6.54 Å². The van der Waals surface area contributed by atoms with E-state index in [0.29, 0.717) is 6.54 Å². The Morgan fingerprint density at radius 2 is 2.00 bits per heavy atom. The number of benzene rings is 1. The van der Waals surface area contributed by atoms with Crippen LogP contribution in [0.4, 0.5) is 4.39 Å². The summed E-state index contributed by atoms with van der Waals surface area (Å²) < 4.78 is 13.1. The monoisotopic (exact) mass is 195 g/mol. The van der Waals surface area contributed by atoms with E-state index in [2.05, 4.69) is 13.8 Å². The van der Waals surface area contributed by atoms with Crippen molar-refractivity contribution in [3.05, 3.63) is 35.1 Å². The van der Waals surface area contributed by atoms with Gasteiger partial charge in [0, 0.05) is 0 Å². The fourth-order valence-electron chi connectivity index (χ4n) is 1.82. The fraction of sp³-hybridized carbons (Fsp3) is 0.500. The van der Waals surface area contributed by atoms with E-state index in [1.165, 1.54) is 6.07 Å². The molecule has 1 aromatic carbocycles. The summed E-state index contributed by atoms with van der Waals surface area (Å²) in [5.74, 6) is -0.171. The van der Waals surface area contributed by atoms with Crippen LogP contribution in [0.25, 0.3) is 0 Å². The summed E-state index contributed by atoms with van der Waals surface area (Å²) in [6.45, 7) is 6.83. The van der Waals surface area contributed by atoms with Crippen molar-refractivity contribution in [2.45, 2.75) is 32.6 Å². The Morgan fingerprint density at radius 3 is 2.57 bits per heavy atom. The lowest BCUT2D eigenvalue weighted by Gasteiger charge is -2.26. The van der Waals surface area contributed by atoms with Crippen molar-refractivity contribution in [1.82, 2.24) is 0 Å². The smallest absolute Gasteiger partial charge is 0.123 e. The largest absolute Gasteiger partial charge is 0.330 e. The van der Waals surface area contributed by atoms with Gasteiger partial charge < -0.3 is 5.73 Å². The summed E-state index contributed by atoms with van der Waals surface area (Å²) in [4.78, 5) is 0. The normalized spacial score (nSPS) is 11.8. The van der Waals surface area contributed by atoms with Crippen LogP contribution in [0.5, 0.6) is 0 Å². The standard InChI is InChI=1S/C12H18FN/c1-9-4-5-10(13)8-11(9)12(2,3)6-7-14/h4-5,8H,6-7,14H2,1-3H3. The highest BCUT2D eigenvalue weighted by Gasteiger charge is 2.21. The van der Waals surface area contributed by atoms with Crippen LogP contribution >= 0.6 is 0 Å². The first kappa shape index (κ1) is 11.2. The molecule has 0 saturated heterocycles. The summed E-state index contributed by atoms with van der Waals surface area (Å²) in [5.41, 5.74) is 7.69. The zero-order valence-corrected chi connectivity index (χ0v) is 9.10. The van der Waals surface area contributed by atoms with Gasteiger partial charge in [0.1, 0.15) is 5.82 Å². The molecule has 1 aromatic rings. The average molecular weight is 195 g/mol. The lowest BCUT2D eigenvalue weighted by molar-refractivity contribution is 0.480. The molecule has 0 aliphatic heterocycles. The molecule has 0 spiro atoms. The minimum Gasteiger partial charge on any atom is -0.330 e. The highest BCUT2D eigenvalue weighted by Crippen LogP contribution is 2.29. The summed E-state index contributed by atoms with van der Waals surface area (Å²) in [6.07, 6.45) is 0.872. The highest BCUT2D eigenvalue weighted by molar-refractivity contribution is 5.32. The van der Waals surface area contributed by atoms with Crippen LogP contribution < -0.4 is 5.73 Å². The van der Waals surface area contributed by atoms with Crippen LogP contribution in [-0.2, 0) is 5.41 Å². The van der Waals surface area contributed by atoms with Gasteiger partial charge in [-0.2, -0.15) is 0 Å². The van der Waals surface area contributed by atoms with Crippen molar-refractivity contribution in [3.8, 4) is 0 Å². The Balaban J connectivity index is 3.10. The molecule has 0 aromatic heterocycles. The van der Waals surface area contributed by atoms with Crippen LogP contribution in [0.15, 0.2) is 18.2 Å². The summed E-state index contributed by atoms with van der Waals surface area (Å²) in [7, 11) is 0. The zero-order chi connectivity index (χ0) is 10.8. The molecule has 14 heavy (non-hydrogen) atoms. The fourth-order valence-corrected chi connectivity index (χ4v) is 1.82. The second-order valence-electron chi connectivity index (χ2n) is 4.38. The van der Waals surface area contributed by atoms with Crippen LogP contribution in [0, 0.1) is 12.7 Å². The number of rotatable bonds is 3. The quantitative estimate of drug-likeness (QED) is 0.788. The molecule has 78 valence electrons. The number of nitrogens with two attached hydrogens (primary N) is 1. The first-order chi connectivity index (χ1) is 6.47. The Hall–Kier alpha value is -0.890. The molecule has 0 saturated carbocycles. The topological polar surface area (TPSA) is 26.0 Å². The van der Waals surface area contributed by atoms with Gasteiger partial charge in [-0.1, -0.05) is 19.9 Å². The molecule has 2 heteroatoms. The molecule has 0 aliphatic carbocycles. The molecular weight excluding hydrogens is 177 g/mol. The summed E-state index contributed by atoms with van der Waals surface area (Å²) in [6, 6.07) is 4.94. The number of hydrogen-bond donors (Lipinski definition) is 1. The van der Waals surface area contributed by atoms with E-state index in [4.69, 9.17) is 5.73 Å². The maximum atomic E-state index is 13.1. The Morgan fingerprint density at radius 1 is 1.36 bits per heavy atom. The molecule has 0 atom stereocenters. The van der Waals surface area contributed by atoms with Crippen LogP contribution in [0.2, 0.25) is 0 Å². The van der Waals surface area contributed by atoms with Gasteiger partial charge in [0.15, 0.2) is 0 Å². The third kappa shape index (κ3) is 2.32. The predicted molar refractivity (Wildman–Crippen MR) is 57.8 cm³/mol. The molecule has 1 nitrogen and oxygen atoms in total. The van der Waals surface area contributed by atoms with Crippen molar-refractivity contribution < 1.29 is 4.39 Å². The first-order valence-corrected chi connectivity index (χ1v) is 4.94. The lowest BCUT2D eigenvalue weighted by Crippen LogP contribution is -2.22. The van der Waals surface area contributed by atoms with E-state index in [1.807, 2.05) is 13.0 Å². The average Bonchev–Trinajstić information content (AvgIpc) is 2.09. The van der Waals surface area contributed by atoms with Crippen molar-refractivity contribution >= 4 is 0 Å². The van der Waals surface area contributed by atoms with E-state index in [9.17, 15) is 4.39 Å². The Labute approximate surface area is 85.1 Å². The molecule has 0 aliphatic rings. The molecule has 0 bridgehead atoms. The van der Waals surface area contributed by atoms with Gasteiger partial charge >= 0.3 is 0 Å². The van der Waals surface area contributed by atoms with E-state index >= 15 is 0 Å². The minimum absolute atomic E-state index is 0.0407. The number of aryl methyl sites for hydroxylation is 1. The van der Waals surface area contributed by atoms with E-state index in [0.717, 1.165) is 17.5 Å². The maximum Gasteiger partial charge on any atom is 0.123 e. The van der Waals surface area contributed by atoms with E-state index in [1.54, 1.807) is 6.07 Å². The van der Waals surface area contributed by atoms with Crippen molar-refractivity contribution in [2.75, 3.05) is 6.54 Å². The molecule has 0 amide bonds. The molecule has 0 unspecified atom stereocenters. The molecule has 0 radical (unpaired) electrons. The Bertz CT molecular complexity index is 318. The number of hydrogen-bond acceptors (Lipinski definition) is 1. The molecule has 0 fully saturated rings. The van der Waals surface area contributed by atoms with Gasteiger partial charge in [-0.15, -0.1) is 0 Å². The van der Waals surface area contributed by atoms with Gasteiger partial charge in [0.25, 0.3) is 0 Å². The molecule has 1 rings (SSSR count). The molecule has 0 heterocycles. The predicted octanol–water partition coefficient (Wildman–Crippen LogP) is 2.76. The van der Waals surface area contributed by atoms with Crippen molar-refractivity contribution in [3.63, 3.8) is 0 Å². The highest BCUT2D eigenvalue weighted by atomic mass is 19.1. The van der Waals surface area contributed by atoms with Crippen LogP contribution in [0.3, 0.4) is 0 Å². The van der Waals surface area contributed by atoms with Crippen molar-refractivity contribution in [2.24, 2.45) is 5.73 Å². The Kier molecular flexibility index (Phi) is 3.27.